The Labute approximate surface area is 408 Å². The molecule has 0 saturated carbocycles. The minimum atomic E-state index is -4.80. The zero-order valence-electron chi connectivity index (χ0n) is 39.0. The van der Waals surface area contributed by atoms with Crippen molar-refractivity contribution in [3.63, 3.8) is 0 Å². The van der Waals surface area contributed by atoms with Crippen molar-refractivity contribution in [3.8, 4) is 0 Å². The van der Waals surface area contributed by atoms with Crippen LogP contribution in [0.3, 0.4) is 0 Å². The highest BCUT2D eigenvalue weighted by Gasteiger charge is 2.46. The molecule has 0 spiro atoms. The van der Waals surface area contributed by atoms with Crippen LogP contribution in [0.5, 0.6) is 0 Å². The quantitative estimate of drug-likeness (QED) is 0.0614. The minimum absolute atomic E-state index is 0.0963. The molecule has 3 aliphatic carbocycles. The fraction of sp³-hybridized carbons (Fsp3) is 0.388. The Kier molecular flexibility index (Phi) is 13.5. The molecule has 0 saturated heterocycles. The molecule has 3 aromatic carbocycles. The number of carbonyl (C=O) groups is 1. The van der Waals surface area contributed by atoms with Gasteiger partial charge in [-0.3, -0.25) is 0 Å². The van der Waals surface area contributed by atoms with Crippen LogP contribution in [0.4, 0.5) is 17.1 Å². The van der Waals surface area contributed by atoms with Gasteiger partial charge in [0.15, 0.2) is 5.71 Å². The molecule has 0 amide bonds. The van der Waals surface area contributed by atoms with Crippen molar-refractivity contribution in [2.75, 3.05) is 29.5 Å². The smallest absolute Gasteiger partial charge is 0.434 e. The summed E-state index contributed by atoms with van der Waals surface area (Å²) >= 11 is 0. The lowest BCUT2D eigenvalue weighted by molar-refractivity contribution is -0.438. The molecule has 5 aliphatic rings. The monoisotopic (exact) mass is 1040 g/mol. The van der Waals surface area contributed by atoms with Crippen LogP contribution in [0.25, 0.3) is 11.1 Å². The molecular weight excluding hydrogens is 983 g/mol. The Bertz CT molecular complexity index is 3400. The Hall–Kier alpha value is -5.10. The molecule has 17 nitrogen and oxygen atoms in total. The first-order chi connectivity index (χ1) is 32.5. The number of anilines is 1. The topological polar surface area (TPSA) is 286 Å². The van der Waals surface area contributed by atoms with Gasteiger partial charge in [-0.05, 0) is 146 Å². The fourth-order valence-electron chi connectivity index (χ4n) is 11.0. The number of aromatic carboxylic acids is 1. The average molecular weight is 1040 g/mol. The lowest BCUT2D eigenvalue weighted by atomic mass is 9.72. The van der Waals surface area contributed by atoms with Crippen LogP contribution in [0, 0.1) is 5.92 Å². The number of benzene rings is 3. The maximum atomic E-state index is 12.5. The summed E-state index contributed by atoms with van der Waals surface area (Å²) in [5, 5.41) is 10.2. The summed E-state index contributed by atoms with van der Waals surface area (Å²) in [5.41, 5.74) is 9.74. The molecule has 374 valence electrons. The van der Waals surface area contributed by atoms with Gasteiger partial charge in [-0.1, -0.05) is 32.1 Å². The van der Waals surface area contributed by atoms with E-state index in [1.54, 1.807) is 36.4 Å². The molecule has 1 atom stereocenters. The van der Waals surface area contributed by atoms with Crippen molar-refractivity contribution in [2.24, 2.45) is 5.92 Å². The Morgan fingerprint density at radius 2 is 1.46 bits per heavy atom. The lowest BCUT2D eigenvalue weighted by Crippen LogP contribution is -2.81. The highest BCUT2D eigenvalue weighted by molar-refractivity contribution is 7.86. The predicted octanol–water partition coefficient (Wildman–Crippen LogP) is 5.90. The lowest BCUT2D eigenvalue weighted by Gasteiger charge is -2.32. The fourth-order valence-corrected chi connectivity index (χ4v) is 13.1. The van der Waals surface area contributed by atoms with Gasteiger partial charge in [-0.15, -0.1) is 8.42 Å². The highest BCUT2D eigenvalue weighted by atomic mass is 32.2. The van der Waals surface area contributed by atoms with Crippen molar-refractivity contribution in [2.45, 2.75) is 94.8 Å². The number of nitrogens with two attached hydrogens (primary N) is 1. The van der Waals surface area contributed by atoms with Crippen molar-refractivity contribution in [3.05, 3.63) is 129 Å². The molecule has 70 heavy (non-hydrogen) atoms. The Balaban J connectivity index is 1.24. The van der Waals surface area contributed by atoms with E-state index in [4.69, 9.17) is 0 Å². The van der Waals surface area contributed by atoms with Gasteiger partial charge in [0, 0.05) is 71.1 Å². The molecule has 0 aromatic heterocycles. The number of carboxylic acids is 1. The van der Waals surface area contributed by atoms with Crippen LogP contribution in [0.15, 0.2) is 106 Å². The van der Waals surface area contributed by atoms with Crippen LogP contribution >= 0.6 is 0 Å². The summed E-state index contributed by atoms with van der Waals surface area (Å²) in [7, 11) is -18.2. The van der Waals surface area contributed by atoms with E-state index in [9.17, 15) is 61.8 Å². The van der Waals surface area contributed by atoms with Gasteiger partial charge in [0.2, 0.25) is 5.69 Å². The van der Waals surface area contributed by atoms with Crippen molar-refractivity contribution in [1.29, 1.82) is 0 Å². The number of hydrogen-bond acceptors (Lipinski definition) is 13. The molecule has 0 bridgehead atoms. The zero-order valence-corrected chi connectivity index (χ0v) is 42.2. The number of carboxylic acid groups (broad SMARTS) is 1. The van der Waals surface area contributed by atoms with Gasteiger partial charge < -0.3 is 23.7 Å². The van der Waals surface area contributed by atoms with Gasteiger partial charge in [-0.25, -0.2) is 34.6 Å². The van der Waals surface area contributed by atoms with E-state index in [1.165, 1.54) is 12.1 Å². The number of fused-ring (bicyclic) bond motifs is 5. The van der Waals surface area contributed by atoms with Gasteiger partial charge in [0.1, 0.15) is 22.4 Å². The maximum Gasteiger partial charge on any atom is 0.434 e. The minimum Gasteiger partial charge on any atom is -0.748 e. The van der Waals surface area contributed by atoms with E-state index >= 15 is 0 Å². The van der Waals surface area contributed by atoms with Gasteiger partial charge in [0.05, 0.1) is 36.1 Å². The van der Waals surface area contributed by atoms with E-state index in [0.29, 0.717) is 50.0 Å². The molecule has 4 N–H and O–H groups in total. The Morgan fingerprint density at radius 3 is 2.11 bits per heavy atom. The number of unbranched alkanes of at least 4 members (excludes halogenated alkanes) is 2. The first-order valence-corrected chi connectivity index (χ1v) is 28.9. The van der Waals surface area contributed by atoms with Crippen LogP contribution < -0.4 is 9.62 Å². The number of hydrogen-bond donors (Lipinski definition) is 3. The molecule has 3 aromatic rings. The van der Waals surface area contributed by atoms with Crippen LogP contribution in [0.2, 0.25) is 0 Å². The van der Waals surface area contributed by atoms with Gasteiger partial charge >= 0.3 is 16.3 Å². The van der Waals surface area contributed by atoms with Gasteiger partial charge in [0.25, 0.3) is 0 Å². The summed E-state index contributed by atoms with van der Waals surface area (Å²) in [6.45, 7) is 8.41. The maximum absolute atomic E-state index is 12.5. The summed E-state index contributed by atoms with van der Waals surface area (Å²) in [6.07, 6.45) is 11.9. The van der Waals surface area contributed by atoms with Crippen LogP contribution in [-0.4, -0.2) is 97.8 Å². The zero-order chi connectivity index (χ0) is 50.9. The largest absolute Gasteiger partial charge is 0.748 e. The second kappa shape index (κ2) is 18.5. The molecule has 0 fully saturated rings. The molecule has 2 heterocycles. The normalized spacial score (nSPS) is 20.7. The molecule has 0 radical (unpaired) electrons. The number of allylic oxidation sites excluding steroid dienone is 10. The SMILES string of the molecule is CC1(C)C(/C=C/C2=C3C4=C(/C(=C/C=C5/N(CCCCS(=O)(=O)[O-])c6ccc([NH2+]S(=O)(=O)O)cc6C5(C)C)CCC4CC2)c2ccc(C(=O)O)cc23)=[N+](CCCCS(=O)(=O)[O-])c2ccc(S(=O)(=O)[O-])cc21. The third kappa shape index (κ3) is 10.3. The molecule has 8 rings (SSSR count). The Morgan fingerprint density at radius 1 is 0.771 bits per heavy atom. The van der Waals surface area contributed by atoms with Gasteiger partial charge in [-0.2, -0.15) is 9.30 Å². The first kappa shape index (κ1) is 51.3. The summed E-state index contributed by atoms with van der Waals surface area (Å²) in [6, 6.07) is 14.3. The molecular formula is C49H54N3O14S4-. The summed E-state index contributed by atoms with van der Waals surface area (Å²) in [5.74, 6) is -2.01. The van der Waals surface area contributed by atoms with Crippen molar-refractivity contribution in [1.82, 2.24) is 0 Å². The molecule has 21 heteroatoms. The van der Waals surface area contributed by atoms with Crippen molar-refractivity contribution >= 4 is 80.5 Å². The van der Waals surface area contributed by atoms with E-state index < -0.39 is 69.0 Å². The number of rotatable bonds is 17. The summed E-state index contributed by atoms with van der Waals surface area (Å²) in [4.78, 5) is 14.1. The highest BCUT2D eigenvalue weighted by Crippen LogP contribution is 2.58. The van der Waals surface area contributed by atoms with E-state index in [-0.39, 0.29) is 34.9 Å². The molecule has 2 aliphatic heterocycles. The van der Waals surface area contributed by atoms with E-state index in [0.717, 1.165) is 79.2 Å². The number of nitrogens with zero attached hydrogens (tertiary/aromatic N) is 2. The third-order valence-electron chi connectivity index (χ3n) is 14.2. The van der Waals surface area contributed by atoms with Crippen LogP contribution in [0.1, 0.15) is 112 Å². The van der Waals surface area contributed by atoms with Crippen LogP contribution in [-0.2, 0) is 51.5 Å². The second-order valence-electron chi connectivity index (χ2n) is 19.5. The number of quaternary nitrogens is 1. The first-order valence-electron chi connectivity index (χ1n) is 22.9. The second-order valence-corrected chi connectivity index (χ2v) is 25.2. The average Bonchev–Trinajstić information content (AvgIpc) is 3.78. The standard InChI is InChI=1S/C49H55N3O14S4/c1-48(2)38-28-34(50-70(64,65)66)16-19-40(38)51(23-5-7-25-67(55,56)57)42(48)21-14-30-9-11-32-12-10-31(45-37-27-33(47(53)54)13-18-36(37)44(30)46(32)45)15-22-43-49(3,4)39-29-35(69(61,62)63)17-20-41(39)52(43)24-6-8-26-68(58,59)60/h13-22,27-29,32,50H,5-12,23-26H2,1-4H3,(H4-,53,54,55,56,57,58,59,60,61,62,63,64,65,66)/p-1. The van der Waals surface area contributed by atoms with Crippen molar-refractivity contribution < 1.29 is 71.1 Å². The van der Waals surface area contributed by atoms with E-state index in [1.807, 2.05) is 61.5 Å². The molecule has 1 unspecified atom stereocenters. The summed E-state index contributed by atoms with van der Waals surface area (Å²) < 4.78 is 141. The predicted molar refractivity (Wildman–Crippen MR) is 259 cm³/mol. The van der Waals surface area contributed by atoms with E-state index in [2.05, 4.69) is 6.08 Å². The third-order valence-corrected chi connectivity index (χ3v) is 17.2.